The number of aryl methyl sites for hydroxylation is 1. The Labute approximate surface area is 98.8 Å². The molecule has 4 heteroatoms. The van der Waals surface area contributed by atoms with Crippen molar-refractivity contribution in [2.24, 2.45) is 0 Å². The van der Waals surface area contributed by atoms with Crippen LogP contribution in [0.15, 0.2) is 42.9 Å². The van der Waals surface area contributed by atoms with Crippen molar-refractivity contribution in [3.8, 4) is 11.4 Å². The number of hydrogen-bond acceptors (Lipinski definition) is 3. The third-order valence-electron chi connectivity index (χ3n) is 2.76. The molecule has 0 unspecified atom stereocenters. The van der Waals surface area contributed by atoms with Crippen molar-refractivity contribution in [2.75, 3.05) is 5.73 Å². The van der Waals surface area contributed by atoms with Crippen LogP contribution in [-0.2, 0) is 0 Å². The monoisotopic (exact) mass is 224 g/mol. The molecule has 0 amide bonds. The van der Waals surface area contributed by atoms with E-state index in [0.29, 0.717) is 0 Å². The molecule has 0 spiro atoms. The molecule has 0 aliphatic rings. The molecule has 3 heterocycles. The van der Waals surface area contributed by atoms with Gasteiger partial charge in [-0.25, -0.2) is 4.98 Å². The molecule has 17 heavy (non-hydrogen) atoms. The molecule has 84 valence electrons. The van der Waals surface area contributed by atoms with Gasteiger partial charge >= 0.3 is 0 Å². The highest BCUT2D eigenvalue weighted by atomic mass is 15.0. The Bertz CT molecular complexity index is 670. The number of nitrogens with two attached hydrogens (primary N) is 1. The first-order chi connectivity index (χ1) is 8.25. The Balaban J connectivity index is 2.34. The van der Waals surface area contributed by atoms with E-state index in [0.717, 1.165) is 28.3 Å². The van der Waals surface area contributed by atoms with Crippen LogP contribution in [0.3, 0.4) is 0 Å². The van der Waals surface area contributed by atoms with E-state index in [1.807, 2.05) is 41.8 Å². The first-order valence-electron chi connectivity index (χ1n) is 5.40. The van der Waals surface area contributed by atoms with E-state index in [1.165, 1.54) is 0 Å². The fourth-order valence-electron chi connectivity index (χ4n) is 1.96. The lowest BCUT2D eigenvalue weighted by Gasteiger charge is -2.01. The summed E-state index contributed by atoms with van der Waals surface area (Å²) in [6.07, 6.45) is 5.44. The van der Waals surface area contributed by atoms with Crippen molar-refractivity contribution >= 4 is 11.2 Å². The van der Waals surface area contributed by atoms with Gasteiger partial charge in [-0.15, -0.1) is 0 Å². The fourth-order valence-corrected chi connectivity index (χ4v) is 1.96. The molecule has 3 aromatic rings. The van der Waals surface area contributed by atoms with Gasteiger partial charge in [-0.2, -0.15) is 0 Å². The summed E-state index contributed by atoms with van der Waals surface area (Å²) in [5.41, 5.74) is 9.58. The number of hydrogen-bond donors (Lipinski definition) is 1. The molecule has 0 radical (unpaired) electrons. The molecular weight excluding hydrogens is 212 g/mol. The lowest BCUT2D eigenvalue weighted by atomic mass is 10.3. The third kappa shape index (κ3) is 1.54. The van der Waals surface area contributed by atoms with Crippen molar-refractivity contribution in [2.45, 2.75) is 6.92 Å². The Morgan fingerprint density at radius 2 is 2.12 bits per heavy atom. The molecule has 2 N–H and O–H groups in total. The van der Waals surface area contributed by atoms with Crippen LogP contribution in [0.25, 0.3) is 16.9 Å². The maximum Gasteiger partial charge on any atom is 0.146 e. The van der Waals surface area contributed by atoms with Crippen molar-refractivity contribution in [1.29, 1.82) is 0 Å². The zero-order valence-electron chi connectivity index (χ0n) is 9.46. The first-order valence-corrected chi connectivity index (χ1v) is 5.40. The van der Waals surface area contributed by atoms with Crippen molar-refractivity contribution in [1.82, 2.24) is 14.4 Å². The minimum absolute atomic E-state index is 0.722. The highest BCUT2D eigenvalue weighted by Gasteiger charge is 2.09. The largest absolute Gasteiger partial charge is 0.398 e. The number of fused-ring (bicyclic) bond motifs is 1. The number of pyridine rings is 2. The van der Waals surface area contributed by atoms with E-state index >= 15 is 0 Å². The molecule has 0 bridgehead atoms. The van der Waals surface area contributed by atoms with E-state index in [-0.39, 0.29) is 0 Å². The van der Waals surface area contributed by atoms with Crippen LogP contribution >= 0.6 is 0 Å². The second-order valence-corrected chi connectivity index (χ2v) is 3.98. The number of nitrogens with zero attached hydrogens (tertiary/aromatic N) is 3. The molecule has 0 aliphatic heterocycles. The molecule has 3 aromatic heterocycles. The lowest BCUT2D eigenvalue weighted by Crippen LogP contribution is -1.93. The van der Waals surface area contributed by atoms with Crippen LogP contribution in [0, 0.1) is 6.92 Å². The van der Waals surface area contributed by atoms with Crippen molar-refractivity contribution in [3.63, 3.8) is 0 Å². The number of nitrogen functional groups attached to an aromatic ring is 1. The average Bonchev–Trinajstić information content (AvgIpc) is 2.67. The summed E-state index contributed by atoms with van der Waals surface area (Å²) in [7, 11) is 0. The van der Waals surface area contributed by atoms with Crippen molar-refractivity contribution in [3.05, 3.63) is 48.5 Å². The topological polar surface area (TPSA) is 56.2 Å². The van der Waals surface area contributed by atoms with Crippen LogP contribution in [-0.4, -0.2) is 14.4 Å². The van der Waals surface area contributed by atoms with E-state index in [9.17, 15) is 0 Å². The van der Waals surface area contributed by atoms with Crippen LogP contribution in [0.4, 0.5) is 5.69 Å². The van der Waals surface area contributed by atoms with Crippen LogP contribution < -0.4 is 5.73 Å². The van der Waals surface area contributed by atoms with Gasteiger partial charge < -0.3 is 5.73 Å². The smallest absolute Gasteiger partial charge is 0.146 e. The molecule has 4 nitrogen and oxygen atoms in total. The van der Waals surface area contributed by atoms with Gasteiger partial charge in [-0.1, -0.05) is 0 Å². The molecule has 3 rings (SSSR count). The standard InChI is InChI=1S/C13H12N4/c1-9-12-5-4-11(14)8-17(12)13(16-9)10-3-2-6-15-7-10/h2-8H,14H2,1H3. The lowest BCUT2D eigenvalue weighted by molar-refractivity contribution is 1.15. The molecule has 0 fully saturated rings. The fraction of sp³-hybridized carbons (Fsp3) is 0.0769. The minimum Gasteiger partial charge on any atom is -0.398 e. The Hall–Kier alpha value is -2.36. The van der Waals surface area contributed by atoms with E-state index < -0.39 is 0 Å². The summed E-state index contributed by atoms with van der Waals surface area (Å²) < 4.78 is 2.00. The van der Waals surface area contributed by atoms with Gasteiger partial charge in [0, 0.05) is 29.8 Å². The highest BCUT2D eigenvalue weighted by molar-refractivity contribution is 5.66. The molecule has 0 atom stereocenters. The quantitative estimate of drug-likeness (QED) is 0.690. The molecule has 0 aromatic carbocycles. The van der Waals surface area contributed by atoms with Crippen LogP contribution in [0.2, 0.25) is 0 Å². The number of anilines is 1. The van der Waals surface area contributed by atoms with Gasteiger partial charge in [0.25, 0.3) is 0 Å². The normalized spacial score (nSPS) is 10.9. The Morgan fingerprint density at radius 3 is 2.88 bits per heavy atom. The van der Waals surface area contributed by atoms with Crippen LogP contribution in [0.5, 0.6) is 0 Å². The number of imidazole rings is 1. The second-order valence-electron chi connectivity index (χ2n) is 3.98. The van der Waals surface area contributed by atoms with Gasteiger partial charge in [0.05, 0.1) is 11.2 Å². The maximum atomic E-state index is 5.82. The summed E-state index contributed by atoms with van der Waals surface area (Å²) >= 11 is 0. The van der Waals surface area contributed by atoms with Gasteiger partial charge in [0.15, 0.2) is 0 Å². The molecule has 0 saturated heterocycles. The van der Waals surface area contributed by atoms with Gasteiger partial charge in [0.1, 0.15) is 5.82 Å². The Morgan fingerprint density at radius 1 is 1.24 bits per heavy atom. The first kappa shape index (κ1) is 9.84. The zero-order valence-corrected chi connectivity index (χ0v) is 9.46. The summed E-state index contributed by atoms with van der Waals surface area (Å²) in [5.74, 6) is 0.873. The zero-order chi connectivity index (χ0) is 11.8. The second kappa shape index (κ2) is 3.59. The predicted octanol–water partition coefficient (Wildman–Crippen LogP) is 2.29. The van der Waals surface area contributed by atoms with Gasteiger partial charge in [0.2, 0.25) is 0 Å². The molecular formula is C13H12N4. The SMILES string of the molecule is Cc1nc(-c2cccnc2)n2cc(N)ccc12. The highest BCUT2D eigenvalue weighted by Crippen LogP contribution is 2.22. The third-order valence-corrected chi connectivity index (χ3v) is 2.76. The van der Waals surface area contributed by atoms with E-state index in [2.05, 4.69) is 9.97 Å². The Kier molecular flexibility index (Phi) is 2.08. The number of rotatable bonds is 1. The average molecular weight is 224 g/mol. The van der Waals surface area contributed by atoms with Gasteiger partial charge in [-0.3, -0.25) is 9.38 Å². The van der Waals surface area contributed by atoms with Crippen molar-refractivity contribution < 1.29 is 0 Å². The molecule has 0 saturated carbocycles. The maximum absolute atomic E-state index is 5.82. The summed E-state index contributed by atoms with van der Waals surface area (Å²) in [6.45, 7) is 1.99. The predicted molar refractivity (Wildman–Crippen MR) is 67.6 cm³/mol. The summed E-state index contributed by atoms with van der Waals surface area (Å²) in [6, 6.07) is 7.76. The summed E-state index contributed by atoms with van der Waals surface area (Å²) in [5, 5.41) is 0. The minimum atomic E-state index is 0.722. The van der Waals surface area contributed by atoms with E-state index in [1.54, 1.807) is 12.4 Å². The molecule has 0 aliphatic carbocycles. The summed E-state index contributed by atoms with van der Waals surface area (Å²) in [4.78, 5) is 8.68. The van der Waals surface area contributed by atoms with E-state index in [4.69, 9.17) is 5.73 Å². The van der Waals surface area contributed by atoms with Crippen LogP contribution in [0.1, 0.15) is 5.69 Å². The number of aromatic nitrogens is 3. The van der Waals surface area contributed by atoms with Gasteiger partial charge in [-0.05, 0) is 31.2 Å².